The van der Waals surface area contributed by atoms with Gasteiger partial charge in [0.15, 0.2) is 18.3 Å². The number of hydrogen-bond donors (Lipinski definition) is 1. The number of ether oxygens (including phenoxy) is 2. The highest BCUT2D eigenvalue weighted by molar-refractivity contribution is 7.93. The van der Waals surface area contributed by atoms with Crippen molar-refractivity contribution in [1.29, 1.82) is 0 Å². The van der Waals surface area contributed by atoms with Crippen LogP contribution in [0.1, 0.15) is 0 Å². The fourth-order valence-electron chi connectivity index (χ4n) is 2.35. The van der Waals surface area contributed by atoms with Gasteiger partial charge in [-0.15, -0.1) is 0 Å². The number of thiazole rings is 1. The number of nitro groups is 1. The minimum atomic E-state index is -3.99. The molecule has 1 amide bonds. The molecule has 11 nitrogen and oxygen atoms in total. The average Bonchev–Trinajstić information content (AvgIpc) is 3.26. The van der Waals surface area contributed by atoms with Crippen LogP contribution >= 0.6 is 22.9 Å². The second-order valence-corrected chi connectivity index (χ2v) is 9.78. The molecule has 14 heteroatoms. The van der Waals surface area contributed by atoms with Crippen LogP contribution in [0, 0.1) is 10.1 Å². The van der Waals surface area contributed by atoms with Crippen LogP contribution in [-0.4, -0.2) is 43.4 Å². The number of halogens is 1. The van der Waals surface area contributed by atoms with Crippen LogP contribution in [0.3, 0.4) is 0 Å². The molecule has 0 bridgehead atoms. The van der Waals surface area contributed by atoms with E-state index < -0.39 is 39.9 Å². The van der Waals surface area contributed by atoms with Gasteiger partial charge in [-0.05, 0) is 24.3 Å². The number of hydrogen-bond acceptors (Lipinski definition) is 10. The van der Waals surface area contributed by atoms with Crippen molar-refractivity contribution < 1.29 is 32.4 Å². The van der Waals surface area contributed by atoms with Gasteiger partial charge in [0, 0.05) is 12.1 Å². The summed E-state index contributed by atoms with van der Waals surface area (Å²) in [5.41, 5.74) is -0.252. The van der Waals surface area contributed by atoms with Gasteiger partial charge in [-0.3, -0.25) is 20.2 Å². The van der Waals surface area contributed by atoms with Gasteiger partial charge in [0.2, 0.25) is 9.84 Å². The number of non-ortho nitro benzene ring substituents is 1. The van der Waals surface area contributed by atoms with E-state index in [0.717, 1.165) is 30.5 Å². The van der Waals surface area contributed by atoms with Crippen LogP contribution in [0.4, 0.5) is 10.8 Å². The van der Waals surface area contributed by atoms with Gasteiger partial charge >= 0.3 is 5.97 Å². The molecule has 0 aliphatic heterocycles. The number of carbonyl (C=O) groups excluding carboxylic acids is 2. The quantitative estimate of drug-likeness (QED) is 0.259. The first kappa shape index (κ1) is 24.1. The summed E-state index contributed by atoms with van der Waals surface area (Å²) < 4.78 is 35.1. The molecule has 1 aromatic heterocycles. The SMILES string of the molecule is O=C(COC(=O)COc1ccccc1Cl)Nc1ncc(S(=O)(=O)c2ccc([N+](=O)[O-])cc2)s1. The molecule has 0 saturated carbocycles. The Labute approximate surface area is 196 Å². The number of benzene rings is 2. The maximum atomic E-state index is 12.6. The van der Waals surface area contributed by atoms with Crippen LogP contribution in [0.15, 0.2) is 63.8 Å². The molecule has 0 aliphatic carbocycles. The number of para-hydroxylation sites is 1. The van der Waals surface area contributed by atoms with Gasteiger partial charge in [0.1, 0.15) is 9.96 Å². The second kappa shape index (κ2) is 10.4. The van der Waals surface area contributed by atoms with E-state index in [1.807, 2.05) is 0 Å². The summed E-state index contributed by atoms with van der Waals surface area (Å²) in [5.74, 6) is -1.27. The smallest absolute Gasteiger partial charge is 0.344 e. The van der Waals surface area contributed by atoms with E-state index in [1.165, 1.54) is 0 Å². The number of sulfone groups is 1. The molecular weight excluding hydrogens is 498 g/mol. The number of amides is 1. The monoisotopic (exact) mass is 511 g/mol. The maximum Gasteiger partial charge on any atom is 0.344 e. The maximum absolute atomic E-state index is 12.6. The fraction of sp³-hybridized carbons (Fsp3) is 0.105. The number of nitro benzene ring substituents is 1. The van der Waals surface area contributed by atoms with E-state index in [2.05, 4.69) is 10.3 Å². The van der Waals surface area contributed by atoms with Crippen molar-refractivity contribution in [2.75, 3.05) is 18.5 Å². The molecule has 0 atom stereocenters. The number of rotatable bonds is 9. The highest BCUT2D eigenvalue weighted by Gasteiger charge is 2.22. The summed E-state index contributed by atoms with van der Waals surface area (Å²) in [6, 6.07) is 10.9. The summed E-state index contributed by atoms with van der Waals surface area (Å²) in [6.45, 7) is -1.11. The molecule has 2 aromatic carbocycles. The fourth-order valence-corrected chi connectivity index (χ4v) is 4.99. The molecular formula is C19H14ClN3O8S2. The van der Waals surface area contributed by atoms with Crippen molar-refractivity contribution in [2.24, 2.45) is 0 Å². The first-order chi connectivity index (χ1) is 15.7. The number of nitrogens with zero attached hydrogens (tertiary/aromatic N) is 2. The van der Waals surface area contributed by atoms with E-state index in [9.17, 15) is 28.1 Å². The third-order valence-electron chi connectivity index (χ3n) is 3.90. The van der Waals surface area contributed by atoms with Crippen molar-refractivity contribution in [1.82, 2.24) is 4.98 Å². The van der Waals surface area contributed by atoms with Crippen molar-refractivity contribution in [2.45, 2.75) is 9.10 Å². The van der Waals surface area contributed by atoms with E-state index in [1.54, 1.807) is 24.3 Å². The van der Waals surface area contributed by atoms with Crippen molar-refractivity contribution in [3.8, 4) is 5.75 Å². The molecule has 0 spiro atoms. The predicted molar refractivity (Wildman–Crippen MR) is 117 cm³/mol. The first-order valence-corrected chi connectivity index (χ1v) is 11.6. The van der Waals surface area contributed by atoms with Gasteiger partial charge < -0.3 is 9.47 Å². The zero-order valence-corrected chi connectivity index (χ0v) is 18.9. The Bertz CT molecular complexity index is 1290. The van der Waals surface area contributed by atoms with Crippen LogP contribution < -0.4 is 10.1 Å². The Balaban J connectivity index is 1.53. The number of carbonyl (C=O) groups is 2. The normalized spacial score (nSPS) is 10.9. The summed E-state index contributed by atoms with van der Waals surface area (Å²) in [7, 11) is -3.99. The van der Waals surface area contributed by atoms with Crippen LogP contribution in [0.2, 0.25) is 5.02 Å². The Morgan fingerprint density at radius 2 is 1.82 bits per heavy atom. The molecule has 0 radical (unpaired) electrons. The van der Waals surface area contributed by atoms with Crippen molar-refractivity contribution >= 4 is 55.5 Å². The van der Waals surface area contributed by atoms with Gasteiger partial charge in [0.05, 0.1) is 21.0 Å². The molecule has 0 aliphatic rings. The molecule has 1 heterocycles. The molecule has 33 heavy (non-hydrogen) atoms. The molecule has 0 unspecified atom stereocenters. The Hall–Kier alpha value is -3.55. The van der Waals surface area contributed by atoms with Crippen molar-refractivity contribution in [3.63, 3.8) is 0 Å². The number of anilines is 1. The van der Waals surface area contributed by atoms with Crippen LogP contribution in [0.5, 0.6) is 5.75 Å². The van der Waals surface area contributed by atoms with Gasteiger partial charge in [-0.1, -0.05) is 35.1 Å². The largest absolute Gasteiger partial charge is 0.480 e. The standard InChI is InChI=1S/C19H14ClN3O8S2/c20-14-3-1-2-4-15(14)30-11-17(25)31-10-16(24)22-19-21-9-18(32-19)33(28,29)13-7-5-12(6-8-13)23(26)27/h1-9H,10-11H2,(H,21,22,24). The highest BCUT2D eigenvalue weighted by Crippen LogP contribution is 2.29. The van der Waals surface area contributed by atoms with Crippen LogP contribution in [0.25, 0.3) is 0 Å². The van der Waals surface area contributed by atoms with E-state index in [0.29, 0.717) is 16.4 Å². The third kappa shape index (κ3) is 6.25. The molecule has 0 fully saturated rings. The topological polar surface area (TPSA) is 155 Å². The lowest BCUT2D eigenvalue weighted by molar-refractivity contribution is -0.384. The zero-order valence-electron chi connectivity index (χ0n) is 16.5. The predicted octanol–water partition coefficient (Wildman–Crippen LogP) is 3.10. The summed E-state index contributed by atoms with van der Waals surface area (Å²) in [6.07, 6.45) is 1.04. The molecule has 3 aromatic rings. The molecule has 0 saturated heterocycles. The molecule has 1 N–H and O–H groups in total. The minimum absolute atomic E-state index is 0.0381. The number of nitrogens with one attached hydrogen (secondary N) is 1. The van der Waals surface area contributed by atoms with E-state index >= 15 is 0 Å². The van der Waals surface area contributed by atoms with E-state index in [4.69, 9.17) is 21.1 Å². The van der Waals surface area contributed by atoms with Gasteiger partial charge in [0.25, 0.3) is 11.6 Å². The number of aromatic nitrogens is 1. The number of esters is 1. The minimum Gasteiger partial charge on any atom is -0.480 e. The lowest BCUT2D eigenvalue weighted by atomic mass is 10.3. The first-order valence-electron chi connectivity index (χ1n) is 8.95. The molecule has 3 rings (SSSR count). The Kier molecular flexibility index (Phi) is 7.58. The summed E-state index contributed by atoms with van der Waals surface area (Å²) in [5, 5.41) is 13.3. The zero-order chi connectivity index (χ0) is 24.0. The molecule has 172 valence electrons. The lowest BCUT2D eigenvalue weighted by Gasteiger charge is -2.07. The van der Waals surface area contributed by atoms with E-state index in [-0.39, 0.29) is 25.7 Å². The average molecular weight is 512 g/mol. The van der Waals surface area contributed by atoms with Crippen molar-refractivity contribution in [3.05, 3.63) is 69.9 Å². The Morgan fingerprint density at radius 1 is 1.12 bits per heavy atom. The van der Waals surface area contributed by atoms with Crippen LogP contribution in [-0.2, 0) is 24.2 Å². The highest BCUT2D eigenvalue weighted by atomic mass is 35.5. The lowest BCUT2D eigenvalue weighted by Crippen LogP contribution is -2.23. The Morgan fingerprint density at radius 3 is 2.48 bits per heavy atom. The van der Waals surface area contributed by atoms with Gasteiger partial charge in [-0.25, -0.2) is 18.2 Å². The third-order valence-corrected chi connectivity index (χ3v) is 7.36. The summed E-state index contributed by atoms with van der Waals surface area (Å²) >= 11 is 6.57. The van der Waals surface area contributed by atoms with Gasteiger partial charge in [-0.2, -0.15) is 0 Å². The summed E-state index contributed by atoms with van der Waals surface area (Å²) in [4.78, 5) is 37.4. The second-order valence-electron chi connectivity index (χ2n) is 6.17.